The quantitative estimate of drug-likeness (QED) is 0.354. The van der Waals surface area contributed by atoms with E-state index in [1.807, 2.05) is 30.3 Å². The van der Waals surface area contributed by atoms with Crippen LogP contribution in [-0.4, -0.2) is 52.8 Å². The first kappa shape index (κ1) is 29.8. The van der Waals surface area contributed by atoms with Crippen LogP contribution in [0.3, 0.4) is 0 Å². The van der Waals surface area contributed by atoms with E-state index >= 15 is 0 Å². The predicted molar refractivity (Wildman–Crippen MR) is 147 cm³/mol. The van der Waals surface area contributed by atoms with E-state index in [0.29, 0.717) is 19.4 Å². The number of benzene rings is 2. The summed E-state index contributed by atoms with van der Waals surface area (Å²) in [5.41, 5.74) is 2.95. The van der Waals surface area contributed by atoms with E-state index in [-0.39, 0.29) is 30.7 Å². The molecular formula is C28H36Cl2N2O4. The van der Waals surface area contributed by atoms with Gasteiger partial charge in [0.05, 0.1) is 24.6 Å². The third-order valence-corrected chi connectivity index (χ3v) is 7.09. The lowest BCUT2D eigenvalue weighted by Crippen LogP contribution is -2.44. The van der Waals surface area contributed by atoms with Gasteiger partial charge in [-0.15, -0.1) is 24.8 Å². The fraction of sp³-hybridized carbons (Fsp3) is 0.429. The molecular weight excluding hydrogens is 499 g/mol. The summed E-state index contributed by atoms with van der Waals surface area (Å²) in [6.45, 7) is 2.41. The van der Waals surface area contributed by atoms with Gasteiger partial charge in [0.15, 0.2) is 0 Å². The Morgan fingerprint density at radius 3 is 2.67 bits per heavy atom. The van der Waals surface area contributed by atoms with Gasteiger partial charge in [0, 0.05) is 18.1 Å². The van der Waals surface area contributed by atoms with Crippen molar-refractivity contribution in [2.75, 3.05) is 26.7 Å². The van der Waals surface area contributed by atoms with Crippen LogP contribution in [0.4, 0.5) is 0 Å². The molecule has 3 aromatic rings. The highest BCUT2D eigenvalue weighted by Gasteiger charge is 2.34. The summed E-state index contributed by atoms with van der Waals surface area (Å²) in [6.07, 6.45) is 5.13. The largest absolute Gasteiger partial charge is 0.497 e. The van der Waals surface area contributed by atoms with Gasteiger partial charge in [-0.3, -0.25) is 9.78 Å². The normalized spacial score (nSPS) is 18.6. The topological polar surface area (TPSA) is 82.9 Å². The first-order valence-electron chi connectivity index (χ1n) is 12.1. The Bertz CT molecular complexity index is 1100. The number of methoxy groups -OCH3 is 1. The van der Waals surface area contributed by atoms with Gasteiger partial charge in [-0.25, -0.2) is 0 Å². The molecule has 0 saturated carbocycles. The first-order valence-corrected chi connectivity index (χ1v) is 12.1. The number of hydrogen-bond donors (Lipinski definition) is 2. The lowest BCUT2D eigenvalue weighted by atomic mass is 9.81. The van der Waals surface area contributed by atoms with Crippen molar-refractivity contribution in [2.24, 2.45) is 11.8 Å². The number of halogens is 2. The molecule has 2 N–H and O–H groups in total. The molecule has 2 heterocycles. The van der Waals surface area contributed by atoms with Crippen molar-refractivity contribution in [3.05, 3.63) is 71.9 Å². The van der Waals surface area contributed by atoms with Crippen LogP contribution in [0.15, 0.2) is 60.8 Å². The van der Waals surface area contributed by atoms with Crippen molar-refractivity contribution in [2.45, 2.75) is 38.2 Å². The summed E-state index contributed by atoms with van der Waals surface area (Å²) >= 11 is 0. The number of aliphatic hydroxyl groups is 1. The highest BCUT2D eigenvalue weighted by Crippen LogP contribution is 2.33. The average molecular weight is 536 g/mol. The SMILES string of the molecule is COc1ccc2nccc([C@@H](O)CC[C@@H]3CCN(CCCc4ccccc4)C[C@@H]3C(=O)O)c2c1.Cl.Cl. The monoisotopic (exact) mass is 534 g/mol. The maximum absolute atomic E-state index is 12.1. The Labute approximate surface area is 225 Å². The van der Waals surface area contributed by atoms with Crippen molar-refractivity contribution in [1.82, 2.24) is 9.88 Å². The van der Waals surface area contributed by atoms with Crippen LogP contribution in [0.25, 0.3) is 10.9 Å². The molecule has 0 spiro atoms. The zero-order valence-corrected chi connectivity index (χ0v) is 22.2. The number of piperidine rings is 1. The van der Waals surface area contributed by atoms with Gasteiger partial charge in [-0.05, 0) is 86.5 Å². The Morgan fingerprint density at radius 1 is 1.17 bits per heavy atom. The van der Waals surface area contributed by atoms with E-state index < -0.39 is 18.0 Å². The summed E-state index contributed by atoms with van der Waals surface area (Å²) in [7, 11) is 1.62. The zero-order valence-electron chi connectivity index (χ0n) is 20.6. The van der Waals surface area contributed by atoms with Crippen LogP contribution in [-0.2, 0) is 11.2 Å². The highest BCUT2D eigenvalue weighted by atomic mass is 35.5. The molecule has 196 valence electrons. The number of carboxylic acid groups (broad SMARTS) is 1. The van der Waals surface area contributed by atoms with Gasteiger partial charge in [0.2, 0.25) is 0 Å². The van der Waals surface area contributed by atoms with Crippen LogP contribution < -0.4 is 4.74 Å². The number of carboxylic acids is 1. The molecule has 0 amide bonds. The van der Waals surface area contributed by atoms with Gasteiger partial charge >= 0.3 is 5.97 Å². The number of carbonyl (C=O) groups is 1. The van der Waals surface area contributed by atoms with Crippen molar-refractivity contribution in [1.29, 1.82) is 0 Å². The minimum absolute atomic E-state index is 0. The van der Waals surface area contributed by atoms with Gasteiger partial charge in [0.25, 0.3) is 0 Å². The molecule has 36 heavy (non-hydrogen) atoms. The molecule has 1 aromatic heterocycles. The first-order chi connectivity index (χ1) is 16.5. The number of aromatic nitrogens is 1. The lowest BCUT2D eigenvalue weighted by molar-refractivity contribution is -0.146. The number of ether oxygens (including phenoxy) is 1. The highest BCUT2D eigenvalue weighted by molar-refractivity contribution is 5.85. The summed E-state index contributed by atoms with van der Waals surface area (Å²) in [4.78, 5) is 18.7. The van der Waals surface area contributed by atoms with E-state index in [2.05, 4.69) is 34.1 Å². The minimum atomic E-state index is -0.730. The van der Waals surface area contributed by atoms with Crippen molar-refractivity contribution < 1.29 is 19.7 Å². The van der Waals surface area contributed by atoms with Gasteiger partial charge in [-0.1, -0.05) is 30.3 Å². The summed E-state index contributed by atoms with van der Waals surface area (Å²) in [6, 6.07) is 17.9. The van der Waals surface area contributed by atoms with Crippen LogP contribution in [0.1, 0.15) is 42.9 Å². The second kappa shape index (κ2) is 14.4. The fourth-order valence-corrected chi connectivity index (χ4v) is 5.14. The molecule has 3 atom stereocenters. The number of hydrogen-bond acceptors (Lipinski definition) is 5. The third-order valence-electron chi connectivity index (χ3n) is 7.09. The minimum Gasteiger partial charge on any atom is -0.497 e. The van der Waals surface area contributed by atoms with Crippen molar-refractivity contribution in [3.63, 3.8) is 0 Å². The molecule has 4 rings (SSSR count). The molecule has 0 radical (unpaired) electrons. The van der Waals surface area contributed by atoms with E-state index in [9.17, 15) is 15.0 Å². The number of rotatable bonds is 10. The molecule has 0 unspecified atom stereocenters. The number of fused-ring (bicyclic) bond motifs is 1. The Kier molecular flexibility index (Phi) is 11.9. The smallest absolute Gasteiger partial charge is 0.308 e. The molecule has 2 aromatic carbocycles. The number of pyridine rings is 1. The number of aliphatic hydroxyl groups excluding tert-OH is 1. The van der Waals surface area contributed by atoms with Crippen LogP contribution in [0.2, 0.25) is 0 Å². The molecule has 1 aliphatic heterocycles. The molecule has 0 aliphatic carbocycles. The fourth-order valence-electron chi connectivity index (χ4n) is 5.14. The molecule has 8 heteroatoms. The number of aryl methyl sites for hydroxylation is 1. The predicted octanol–water partition coefficient (Wildman–Crippen LogP) is 5.56. The summed E-state index contributed by atoms with van der Waals surface area (Å²) < 4.78 is 5.34. The second-order valence-electron chi connectivity index (χ2n) is 9.26. The Balaban J connectivity index is 0.00000228. The van der Waals surface area contributed by atoms with Crippen LogP contribution >= 0.6 is 24.8 Å². The standard InChI is InChI=1S/C28H34N2O4.2ClH/c1-34-22-10-11-26-24(18-22)23(13-15-29-26)27(31)12-9-21-14-17-30(19-25(21)28(32)33)16-5-8-20-6-3-2-4-7-20;;/h2-4,6-7,10-11,13,15,18,21,25,27,31H,5,8-9,12,14,16-17,19H2,1H3,(H,32,33);2*1H/t21-,25+,27+;;/m1../s1. The number of likely N-dealkylation sites (tertiary alicyclic amines) is 1. The Morgan fingerprint density at radius 2 is 1.94 bits per heavy atom. The Hall–Kier alpha value is -2.38. The lowest BCUT2D eigenvalue weighted by Gasteiger charge is -2.37. The molecule has 1 saturated heterocycles. The molecule has 1 fully saturated rings. The third kappa shape index (κ3) is 7.56. The van der Waals surface area contributed by atoms with Gasteiger partial charge < -0.3 is 19.8 Å². The van der Waals surface area contributed by atoms with Gasteiger partial charge in [0.1, 0.15) is 5.75 Å². The van der Waals surface area contributed by atoms with Crippen LogP contribution in [0, 0.1) is 11.8 Å². The van der Waals surface area contributed by atoms with E-state index in [1.54, 1.807) is 13.3 Å². The summed E-state index contributed by atoms with van der Waals surface area (Å²) in [5.74, 6) is -0.335. The van der Waals surface area contributed by atoms with E-state index in [4.69, 9.17) is 4.74 Å². The molecule has 0 bridgehead atoms. The molecule has 1 aliphatic rings. The second-order valence-corrected chi connectivity index (χ2v) is 9.26. The van der Waals surface area contributed by atoms with Crippen LogP contribution in [0.5, 0.6) is 5.75 Å². The molecule has 6 nitrogen and oxygen atoms in total. The van der Waals surface area contributed by atoms with Crippen molar-refractivity contribution in [3.8, 4) is 5.75 Å². The summed E-state index contributed by atoms with van der Waals surface area (Å²) in [5, 5.41) is 21.8. The van der Waals surface area contributed by atoms with E-state index in [0.717, 1.165) is 54.6 Å². The van der Waals surface area contributed by atoms with E-state index in [1.165, 1.54) is 5.56 Å². The maximum atomic E-state index is 12.1. The van der Waals surface area contributed by atoms with Gasteiger partial charge in [-0.2, -0.15) is 0 Å². The zero-order chi connectivity index (χ0) is 23.9. The van der Waals surface area contributed by atoms with Crippen molar-refractivity contribution >= 4 is 41.7 Å². The number of aliphatic carboxylic acids is 1. The maximum Gasteiger partial charge on any atom is 0.308 e. The number of nitrogens with zero attached hydrogens (tertiary/aromatic N) is 2. The average Bonchev–Trinajstić information content (AvgIpc) is 2.87.